The standard InChI is InChI=1S/C33H39NO12/c1-15-28(37)19(34-9-7-16(43-2)8-10-34)11-23(45-15)46-21-13-33(42,22(36)14-35)12-18-25(21)32(41)27-26(30(18)39)29(38)17-5-4-6-20(44-3)24(17)31(27)40/h4-6,15-16,19,21,23,28,35,37,39,41-42H,7-14H2,1-3H3/t15-,19-,21-,23-,28+,33-/m0/s1. The average Bonchev–Trinajstić information content (AvgIpc) is 3.05. The molecule has 0 unspecified atom stereocenters. The van der Waals surface area contributed by atoms with Gasteiger partial charge in [-0.3, -0.25) is 19.3 Å². The molecule has 0 saturated carbocycles. The molecule has 0 aromatic heterocycles. The van der Waals surface area contributed by atoms with Crippen LogP contribution in [0.1, 0.15) is 81.7 Å². The van der Waals surface area contributed by atoms with Crippen molar-refractivity contribution < 1.29 is 58.9 Å². The maximum atomic E-state index is 13.9. The summed E-state index contributed by atoms with van der Waals surface area (Å²) in [6, 6.07) is 4.06. The highest BCUT2D eigenvalue weighted by Gasteiger charge is 2.50. The van der Waals surface area contributed by atoms with E-state index in [1.807, 2.05) is 0 Å². The van der Waals surface area contributed by atoms with Crippen molar-refractivity contribution in [2.45, 2.75) is 81.4 Å². The molecule has 2 aromatic rings. The molecule has 6 atom stereocenters. The van der Waals surface area contributed by atoms with E-state index in [1.54, 1.807) is 14.0 Å². The molecular weight excluding hydrogens is 602 g/mol. The number of benzene rings is 2. The Labute approximate surface area is 265 Å². The molecule has 13 heteroatoms. The molecule has 2 aromatic carbocycles. The summed E-state index contributed by atoms with van der Waals surface area (Å²) in [7, 11) is 3.01. The predicted octanol–water partition coefficient (Wildman–Crippen LogP) is 1.15. The first-order valence-electron chi connectivity index (χ1n) is 15.4. The summed E-state index contributed by atoms with van der Waals surface area (Å²) >= 11 is 0. The number of ketones is 3. The van der Waals surface area contributed by atoms with Gasteiger partial charge in [-0.1, -0.05) is 12.1 Å². The summed E-state index contributed by atoms with van der Waals surface area (Å²) in [6.45, 7) is 2.05. The molecule has 248 valence electrons. The van der Waals surface area contributed by atoms with Gasteiger partial charge in [0.15, 0.2) is 17.9 Å². The summed E-state index contributed by atoms with van der Waals surface area (Å²) in [6.07, 6.45) is -2.95. The number of methoxy groups -OCH3 is 2. The number of hydrogen-bond acceptors (Lipinski definition) is 13. The highest BCUT2D eigenvalue weighted by atomic mass is 16.7. The normalized spacial score (nSPS) is 30.0. The molecule has 46 heavy (non-hydrogen) atoms. The van der Waals surface area contributed by atoms with Gasteiger partial charge in [0.2, 0.25) is 5.78 Å². The number of phenolic OH excluding ortho intramolecular Hbond substituents is 2. The van der Waals surface area contributed by atoms with Crippen LogP contribution < -0.4 is 4.74 Å². The van der Waals surface area contributed by atoms with Gasteiger partial charge in [-0.2, -0.15) is 0 Å². The van der Waals surface area contributed by atoms with Crippen molar-refractivity contribution in [1.29, 1.82) is 0 Å². The van der Waals surface area contributed by atoms with Crippen molar-refractivity contribution in [2.75, 3.05) is 33.9 Å². The predicted molar refractivity (Wildman–Crippen MR) is 159 cm³/mol. The minimum Gasteiger partial charge on any atom is -0.507 e. The van der Waals surface area contributed by atoms with Crippen LogP contribution >= 0.6 is 0 Å². The lowest BCUT2D eigenvalue weighted by atomic mass is 9.72. The zero-order valence-corrected chi connectivity index (χ0v) is 25.9. The second-order valence-electron chi connectivity index (χ2n) is 12.5. The van der Waals surface area contributed by atoms with Gasteiger partial charge in [0, 0.05) is 62.2 Å². The number of likely N-dealkylation sites (tertiary alicyclic amines) is 1. The third kappa shape index (κ3) is 5.20. The lowest BCUT2D eigenvalue weighted by Crippen LogP contribution is -2.57. The number of phenols is 2. The van der Waals surface area contributed by atoms with E-state index < -0.39 is 89.6 Å². The molecule has 6 rings (SSSR count). The number of aromatic hydroxyl groups is 2. The average molecular weight is 642 g/mol. The van der Waals surface area contributed by atoms with Gasteiger partial charge >= 0.3 is 0 Å². The first-order chi connectivity index (χ1) is 21.9. The van der Waals surface area contributed by atoms with E-state index in [0.717, 1.165) is 12.8 Å². The van der Waals surface area contributed by atoms with Gasteiger partial charge in [-0.15, -0.1) is 0 Å². The molecule has 2 aliphatic heterocycles. The molecule has 2 aliphatic carbocycles. The van der Waals surface area contributed by atoms with Gasteiger partial charge in [-0.05, 0) is 25.8 Å². The van der Waals surface area contributed by atoms with Gasteiger partial charge in [0.25, 0.3) is 0 Å². The molecule has 2 heterocycles. The first kappa shape index (κ1) is 32.5. The third-order valence-corrected chi connectivity index (χ3v) is 10.0. The minimum absolute atomic E-state index is 0.0412. The molecule has 0 amide bonds. The second kappa shape index (κ2) is 12.3. The second-order valence-corrected chi connectivity index (χ2v) is 12.5. The van der Waals surface area contributed by atoms with Crippen LogP contribution in [0.25, 0.3) is 0 Å². The van der Waals surface area contributed by atoms with Crippen LogP contribution in [-0.2, 0) is 25.4 Å². The zero-order valence-electron chi connectivity index (χ0n) is 25.9. The Bertz CT molecular complexity index is 1570. The van der Waals surface area contributed by atoms with Crippen LogP contribution in [0.3, 0.4) is 0 Å². The minimum atomic E-state index is -2.24. The van der Waals surface area contributed by atoms with E-state index in [1.165, 1.54) is 25.3 Å². The van der Waals surface area contributed by atoms with Crippen LogP contribution in [0.2, 0.25) is 0 Å². The summed E-state index contributed by atoms with van der Waals surface area (Å²) in [5.41, 5.74) is -3.51. The molecule has 4 aliphatic rings. The number of hydrogen-bond donors (Lipinski definition) is 5. The molecule has 13 nitrogen and oxygen atoms in total. The first-order valence-corrected chi connectivity index (χ1v) is 15.4. The Kier molecular flexibility index (Phi) is 8.70. The van der Waals surface area contributed by atoms with E-state index in [2.05, 4.69) is 4.90 Å². The quantitative estimate of drug-likeness (QED) is 0.231. The summed E-state index contributed by atoms with van der Waals surface area (Å²) in [4.78, 5) is 42.6. The maximum Gasteiger partial charge on any atom is 0.202 e. The fourth-order valence-corrected chi connectivity index (χ4v) is 7.50. The van der Waals surface area contributed by atoms with Gasteiger partial charge in [0.05, 0.1) is 48.2 Å². The van der Waals surface area contributed by atoms with Gasteiger partial charge in [0.1, 0.15) is 29.5 Å². The number of Topliss-reactive ketones (excluding diaryl/α,β-unsaturated/α-hetero) is 1. The Morgan fingerprint density at radius 3 is 2.41 bits per heavy atom. The van der Waals surface area contributed by atoms with E-state index in [0.29, 0.717) is 13.1 Å². The van der Waals surface area contributed by atoms with Crippen LogP contribution in [0.4, 0.5) is 0 Å². The van der Waals surface area contributed by atoms with Gasteiger partial charge in [-0.25, -0.2) is 0 Å². The number of aliphatic hydroxyl groups is 3. The topological polar surface area (TPSA) is 193 Å². The van der Waals surface area contributed by atoms with Crippen molar-refractivity contribution >= 4 is 17.3 Å². The lowest BCUT2D eigenvalue weighted by Gasteiger charge is -2.46. The van der Waals surface area contributed by atoms with Crippen molar-refractivity contribution in [3.8, 4) is 17.2 Å². The smallest absolute Gasteiger partial charge is 0.202 e. The van der Waals surface area contributed by atoms with Crippen LogP contribution in [0, 0.1) is 0 Å². The van der Waals surface area contributed by atoms with Crippen molar-refractivity contribution in [1.82, 2.24) is 4.90 Å². The Balaban J connectivity index is 1.41. The highest BCUT2D eigenvalue weighted by molar-refractivity contribution is 6.31. The number of aliphatic hydroxyl groups excluding tert-OH is 2. The largest absolute Gasteiger partial charge is 0.507 e. The number of ether oxygens (including phenoxy) is 4. The van der Waals surface area contributed by atoms with Crippen molar-refractivity contribution in [3.63, 3.8) is 0 Å². The highest BCUT2D eigenvalue weighted by Crippen LogP contribution is 2.52. The third-order valence-electron chi connectivity index (χ3n) is 10.0. The molecule has 0 spiro atoms. The molecule has 5 N–H and O–H groups in total. The Hall–Kier alpha value is -3.43. The molecule has 2 fully saturated rings. The van der Waals surface area contributed by atoms with Crippen LogP contribution in [0.5, 0.6) is 17.2 Å². The number of rotatable bonds is 7. The number of fused-ring (bicyclic) bond motifs is 3. The summed E-state index contributed by atoms with van der Waals surface area (Å²) in [5, 5.41) is 55.5. The van der Waals surface area contributed by atoms with E-state index in [9.17, 15) is 39.9 Å². The fourth-order valence-electron chi connectivity index (χ4n) is 7.50. The molecular formula is C33H39NO12. The fraction of sp³-hybridized carbons (Fsp3) is 0.545. The van der Waals surface area contributed by atoms with E-state index in [4.69, 9.17) is 18.9 Å². The maximum absolute atomic E-state index is 13.9. The molecule has 2 saturated heterocycles. The Morgan fingerprint density at radius 2 is 1.76 bits per heavy atom. The molecule has 0 radical (unpaired) electrons. The van der Waals surface area contributed by atoms with Gasteiger partial charge < -0.3 is 44.5 Å². The summed E-state index contributed by atoms with van der Waals surface area (Å²) in [5.74, 6) is -3.67. The lowest BCUT2D eigenvalue weighted by molar-refractivity contribution is -0.259. The van der Waals surface area contributed by atoms with Crippen molar-refractivity contribution in [2.24, 2.45) is 0 Å². The zero-order chi connectivity index (χ0) is 33.1. The summed E-state index contributed by atoms with van der Waals surface area (Å²) < 4.78 is 23.2. The monoisotopic (exact) mass is 641 g/mol. The Morgan fingerprint density at radius 1 is 1.07 bits per heavy atom. The SMILES string of the molecule is COc1cccc2c1C(=O)c1c(O)c3c(c(O)c1C2=O)C[C@@](O)(C(=O)CO)C[C@@H]3O[C@H]1C[C@H](N2CCC(OC)CC2)[C@H](O)[C@H](C)O1. The van der Waals surface area contributed by atoms with E-state index >= 15 is 0 Å². The molecule has 0 bridgehead atoms. The van der Waals surface area contributed by atoms with Crippen LogP contribution in [0.15, 0.2) is 18.2 Å². The van der Waals surface area contributed by atoms with Crippen molar-refractivity contribution in [3.05, 3.63) is 51.6 Å². The number of nitrogens with zero attached hydrogens (tertiary/aromatic N) is 1. The number of piperidine rings is 1. The van der Waals surface area contributed by atoms with Crippen LogP contribution in [-0.4, -0.2) is 118 Å². The number of carbonyl (C=O) groups excluding carboxylic acids is 3. The number of carbonyl (C=O) groups is 3. The van der Waals surface area contributed by atoms with E-state index in [-0.39, 0.29) is 46.6 Å².